The topological polar surface area (TPSA) is 151 Å². The van der Waals surface area contributed by atoms with Gasteiger partial charge in [-0.05, 0) is 23.8 Å². The van der Waals surface area contributed by atoms with E-state index in [1.165, 1.54) is 24.3 Å². The Kier molecular flexibility index (Phi) is 6.75. The van der Waals surface area contributed by atoms with Crippen molar-refractivity contribution in [2.24, 2.45) is 0 Å². The Morgan fingerprint density at radius 1 is 1.21 bits per heavy atom. The van der Waals surface area contributed by atoms with Crippen LogP contribution in [0.4, 0.5) is 0 Å². The fourth-order valence-electron chi connectivity index (χ4n) is 1.55. The molecule has 2 atom stereocenters. The van der Waals surface area contributed by atoms with Crippen LogP contribution in [0.5, 0.6) is 11.5 Å². The lowest BCUT2D eigenvalue weighted by atomic mass is 10.2. The minimum atomic E-state index is -2.07. The number of carbonyl (C=O) groups is 3. The van der Waals surface area contributed by atoms with Crippen LogP contribution in [0, 0.1) is 0 Å². The van der Waals surface area contributed by atoms with Gasteiger partial charge in [-0.15, -0.1) is 0 Å². The zero-order valence-electron chi connectivity index (χ0n) is 12.6. The van der Waals surface area contributed by atoms with Crippen molar-refractivity contribution in [2.75, 3.05) is 6.61 Å². The average molecular weight is 340 g/mol. The van der Waals surface area contributed by atoms with Crippen molar-refractivity contribution in [3.8, 4) is 11.5 Å². The van der Waals surface area contributed by atoms with Crippen molar-refractivity contribution >= 4 is 24.0 Å². The Hall–Kier alpha value is -3.07. The van der Waals surface area contributed by atoms with E-state index in [0.717, 1.165) is 13.0 Å². The van der Waals surface area contributed by atoms with Crippen LogP contribution in [0.15, 0.2) is 24.3 Å². The molecule has 1 aromatic rings. The van der Waals surface area contributed by atoms with E-state index in [9.17, 15) is 24.6 Å². The quantitative estimate of drug-likeness (QED) is 0.306. The minimum Gasteiger partial charge on any atom is -0.504 e. The third kappa shape index (κ3) is 5.97. The Labute approximate surface area is 136 Å². The van der Waals surface area contributed by atoms with Gasteiger partial charge in [0.05, 0.1) is 0 Å². The molecule has 4 N–H and O–H groups in total. The number of carboxylic acid groups (broad SMARTS) is 1. The number of hydrogen-bond donors (Lipinski definition) is 4. The summed E-state index contributed by atoms with van der Waals surface area (Å²) in [7, 11) is 0. The van der Waals surface area contributed by atoms with Gasteiger partial charge in [-0.1, -0.05) is 6.07 Å². The maximum absolute atomic E-state index is 11.7. The number of aliphatic hydroxyl groups excluding tert-OH is 1. The van der Waals surface area contributed by atoms with E-state index in [1.54, 1.807) is 0 Å². The first-order chi connectivity index (χ1) is 11.2. The summed E-state index contributed by atoms with van der Waals surface area (Å²) in [5, 5.41) is 36.7. The van der Waals surface area contributed by atoms with Crippen molar-refractivity contribution in [2.45, 2.75) is 19.1 Å². The number of hydrogen-bond acceptors (Lipinski definition) is 8. The second-order valence-electron chi connectivity index (χ2n) is 4.64. The Bertz CT molecular complexity index is 650. The number of aliphatic hydroxyl groups is 1. The second kappa shape index (κ2) is 8.53. The van der Waals surface area contributed by atoms with Gasteiger partial charge in [0, 0.05) is 13.0 Å². The van der Waals surface area contributed by atoms with Gasteiger partial charge in [-0.3, -0.25) is 4.79 Å². The molecule has 0 heterocycles. The predicted molar refractivity (Wildman–Crippen MR) is 79.0 cm³/mol. The maximum Gasteiger partial charge on any atom is 0.336 e. The molecular weight excluding hydrogens is 324 g/mol. The predicted octanol–water partition coefficient (Wildman–Crippen LogP) is 0.0314. The number of benzene rings is 1. The molecule has 130 valence electrons. The summed E-state index contributed by atoms with van der Waals surface area (Å²) in [6.07, 6.45) is -1.50. The monoisotopic (exact) mass is 340 g/mol. The van der Waals surface area contributed by atoms with Crippen molar-refractivity contribution in [3.05, 3.63) is 29.8 Å². The molecule has 24 heavy (non-hydrogen) atoms. The summed E-state index contributed by atoms with van der Waals surface area (Å²) in [6.45, 7) is 0.450. The van der Waals surface area contributed by atoms with Gasteiger partial charge in [0.25, 0.3) is 0 Å². The van der Waals surface area contributed by atoms with Gasteiger partial charge in [0.2, 0.25) is 0 Å². The van der Waals surface area contributed by atoms with Crippen molar-refractivity contribution in [1.82, 2.24) is 0 Å². The Morgan fingerprint density at radius 3 is 2.42 bits per heavy atom. The molecule has 0 aliphatic carbocycles. The van der Waals surface area contributed by atoms with E-state index in [4.69, 9.17) is 14.9 Å². The summed E-state index contributed by atoms with van der Waals surface area (Å²) < 4.78 is 9.30. The normalized spacial score (nSPS) is 13.2. The van der Waals surface area contributed by atoms with Crippen LogP contribution in [0.2, 0.25) is 0 Å². The summed E-state index contributed by atoms with van der Waals surface area (Å²) in [4.78, 5) is 33.2. The number of carbonyl (C=O) groups excluding carboxylic acids is 2. The van der Waals surface area contributed by atoms with Crippen LogP contribution in [0.25, 0.3) is 6.08 Å². The average Bonchev–Trinajstić information content (AvgIpc) is 2.51. The lowest BCUT2D eigenvalue weighted by Gasteiger charge is -2.19. The third-order valence-electron chi connectivity index (χ3n) is 2.73. The highest BCUT2D eigenvalue weighted by Crippen LogP contribution is 2.25. The molecule has 9 heteroatoms. The fourth-order valence-corrected chi connectivity index (χ4v) is 1.55. The van der Waals surface area contributed by atoms with E-state index < -0.39 is 36.7 Å². The summed E-state index contributed by atoms with van der Waals surface area (Å²) in [5.41, 5.74) is 0.359. The van der Waals surface area contributed by atoms with E-state index in [1.807, 2.05) is 0 Å². The van der Waals surface area contributed by atoms with Crippen LogP contribution < -0.4 is 0 Å². The Balaban J connectivity index is 2.75. The van der Waals surface area contributed by atoms with Gasteiger partial charge >= 0.3 is 17.9 Å². The Morgan fingerprint density at radius 2 is 1.88 bits per heavy atom. The highest BCUT2D eigenvalue weighted by Gasteiger charge is 2.30. The fraction of sp³-hybridized carbons (Fsp3) is 0.267. The highest BCUT2D eigenvalue weighted by molar-refractivity contribution is 5.87. The number of ether oxygens (including phenoxy) is 2. The molecule has 9 nitrogen and oxygen atoms in total. The SMILES string of the molecule is CC(=O)OC[C@@H](OC(=O)/C=C/c1ccc(O)c(O)c1)[C@@H](O)C(=O)O. The van der Waals surface area contributed by atoms with Crippen LogP contribution in [0.3, 0.4) is 0 Å². The molecule has 0 aliphatic heterocycles. The zero-order chi connectivity index (χ0) is 18.3. The zero-order valence-corrected chi connectivity index (χ0v) is 12.6. The molecule has 0 amide bonds. The second-order valence-corrected chi connectivity index (χ2v) is 4.64. The molecule has 0 fully saturated rings. The lowest BCUT2D eigenvalue weighted by Crippen LogP contribution is -2.40. The smallest absolute Gasteiger partial charge is 0.336 e. The van der Waals surface area contributed by atoms with Gasteiger partial charge < -0.3 is 29.9 Å². The largest absolute Gasteiger partial charge is 0.504 e. The van der Waals surface area contributed by atoms with Gasteiger partial charge in [0.1, 0.15) is 6.61 Å². The first-order valence-electron chi connectivity index (χ1n) is 6.65. The number of aromatic hydroxyl groups is 2. The van der Waals surface area contributed by atoms with Crippen LogP contribution >= 0.6 is 0 Å². The first kappa shape index (κ1) is 19.0. The molecular formula is C15H16O9. The summed E-state index contributed by atoms with van der Waals surface area (Å²) in [5.74, 6) is -4.10. The van der Waals surface area contributed by atoms with Crippen LogP contribution in [-0.2, 0) is 23.9 Å². The van der Waals surface area contributed by atoms with Gasteiger partial charge in [-0.25, -0.2) is 9.59 Å². The molecule has 0 radical (unpaired) electrons. The summed E-state index contributed by atoms with van der Waals surface area (Å²) in [6, 6.07) is 3.79. The molecule has 0 bridgehead atoms. The van der Waals surface area contributed by atoms with E-state index in [2.05, 4.69) is 4.74 Å². The number of rotatable bonds is 7. The first-order valence-corrected chi connectivity index (χ1v) is 6.65. The number of phenolic OH excluding ortho intramolecular Hbond substituents is 2. The molecule has 0 unspecified atom stereocenters. The van der Waals surface area contributed by atoms with Crippen molar-refractivity contribution in [3.63, 3.8) is 0 Å². The van der Waals surface area contributed by atoms with Crippen LogP contribution in [-0.4, -0.2) is 57.1 Å². The molecule has 0 saturated heterocycles. The van der Waals surface area contributed by atoms with E-state index in [0.29, 0.717) is 5.56 Å². The molecule has 1 rings (SSSR count). The van der Waals surface area contributed by atoms with Crippen LogP contribution in [0.1, 0.15) is 12.5 Å². The number of phenols is 2. The maximum atomic E-state index is 11.7. The highest BCUT2D eigenvalue weighted by atomic mass is 16.6. The van der Waals surface area contributed by atoms with E-state index >= 15 is 0 Å². The molecule has 0 aromatic heterocycles. The standard InChI is InChI=1S/C15H16O9/c1-8(16)23-7-12(14(20)15(21)22)24-13(19)5-3-9-2-4-10(17)11(18)6-9/h2-6,12,14,17-18,20H,7H2,1H3,(H,21,22)/b5-3+/t12-,14-/m1/s1. The van der Waals surface area contributed by atoms with Crippen molar-refractivity contribution in [1.29, 1.82) is 0 Å². The molecule has 0 aliphatic rings. The summed E-state index contributed by atoms with van der Waals surface area (Å²) >= 11 is 0. The number of esters is 2. The van der Waals surface area contributed by atoms with E-state index in [-0.39, 0.29) is 11.5 Å². The number of aliphatic carboxylic acids is 1. The molecule has 0 spiro atoms. The van der Waals surface area contributed by atoms with Gasteiger partial charge in [-0.2, -0.15) is 0 Å². The third-order valence-corrected chi connectivity index (χ3v) is 2.73. The lowest BCUT2D eigenvalue weighted by molar-refractivity contribution is -0.170. The van der Waals surface area contributed by atoms with Gasteiger partial charge in [0.15, 0.2) is 23.7 Å². The minimum absolute atomic E-state index is 0.333. The number of carboxylic acids is 1. The van der Waals surface area contributed by atoms with Crippen molar-refractivity contribution < 1.29 is 44.3 Å². The molecule has 1 aromatic carbocycles. The molecule has 0 saturated carbocycles.